The first-order valence-corrected chi connectivity index (χ1v) is 6.23. The number of morpholine rings is 1. The van der Waals surface area contributed by atoms with Crippen LogP contribution < -0.4 is 15.4 Å². The summed E-state index contributed by atoms with van der Waals surface area (Å²) in [6, 6.07) is 0.0168. The van der Waals surface area contributed by atoms with E-state index in [1.54, 1.807) is 0 Å². The number of aromatic nitrogens is 3. The molecule has 1 aromatic rings. The average molecular weight is 269 g/mol. The maximum absolute atomic E-state index is 9.35. The van der Waals surface area contributed by atoms with Gasteiger partial charge in [-0.3, -0.25) is 0 Å². The molecule has 1 aromatic heterocycles. The summed E-state index contributed by atoms with van der Waals surface area (Å²) in [6.07, 6.45) is -0.0482. The zero-order valence-corrected chi connectivity index (χ0v) is 11.1. The molecular weight excluding hydrogens is 250 g/mol. The number of nitrogens with two attached hydrogens (primary N) is 1. The van der Waals surface area contributed by atoms with Crippen molar-refractivity contribution >= 4 is 11.9 Å². The summed E-state index contributed by atoms with van der Waals surface area (Å²) >= 11 is 0. The lowest BCUT2D eigenvalue weighted by Crippen LogP contribution is -2.48. The Morgan fingerprint density at radius 3 is 2.95 bits per heavy atom. The van der Waals surface area contributed by atoms with Gasteiger partial charge in [0, 0.05) is 6.54 Å². The van der Waals surface area contributed by atoms with Gasteiger partial charge in [0.05, 0.1) is 32.0 Å². The molecule has 2 heterocycles. The monoisotopic (exact) mass is 269 g/mol. The third kappa shape index (κ3) is 3.42. The Labute approximate surface area is 111 Å². The number of hydrogen-bond donors (Lipinski definition) is 2. The van der Waals surface area contributed by atoms with E-state index in [0.717, 1.165) is 0 Å². The number of anilines is 2. The molecule has 0 saturated carbocycles. The Morgan fingerprint density at radius 1 is 1.47 bits per heavy atom. The highest BCUT2D eigenvalue weighted by Crippen LogP contribution is 2.18. The van der Waals surface area contributed by atoms with Crippen molar-refractivity contribution in [3.05, 3.63) is 0 Å². The van der Waals surface area contributed by atoms with Crippen LogP contribution in [0, 0.1) is 0 Å². The number of hydrogen-bond acceptors (Lipinski definition) is 8. The highest BCUT2D eigenvalue weighted by molar-refractivity contribution is 5.37. The highest BCUT2D eigenvalue weighted by Gasteiger charge is 2.25. The molecule has 1 unspecified atom stereocenters. The number of nitrogen functional groups attached to an aromatic ring is 1. The van der Waals surface area contributed by atoms with Crippen LogP contribution >= 0.6 is 0 Å². The number of aliphatic hydroxyl groups is 1. The van der Waals surface area contributed by atoms with E-state index in [9.17, 15) is 5.11 Å². The normalized spacial score (nSPS) is 19.8. The number of ether oxygens (including phenoxy) is 2. The minimum absolute atomic E-state index is 0.0358. The lowest BCUT2D eigenvalue weighted by Gasteiger charge is -2.34. The molecule has 19 heavy (non-hydrogen) atoms. The molecule has 1 aliphatic heterocycles. The van der Waals surface area contributed by atoms with Crippen LogP contribution in [0.2, 0.25) is 0 Å². The van der Waals surface area contributed by atoms with Gasteiger partial charge >= 0.3 is 6.01 Å². The molecule has 1 fully saturated rings. The van der Waals surface area contributed by atoms with E-state index in [-0.39, 0.29) is 30.7 Å². The Hall–Kier alpha value is -1.67. The summed E-state index contributed by atoms with van der Waals surface area (Å²) in [6.45, 7) is 5.31. The molecule has 8 heteroatoms. The predicted molar refractivity (Wildman–Crippen MR) is 69.0 cm³/mol. The van der Waals surface area contributed by atoms with Gasteiger partial charge in [0.2, 0.25) is 11.9 Å². The third-order valence-electron chi connectivity index (χ3n) is 2.66. The fourth-order valence-electron chi connectivity index (χ4n) is 1.82. The van der Waals surface area contributed by atoms with Crippen LogP contribution in [0.1, 0.15) is 13.8 Å². The largest absolute Gasteiger partial charge is 0.461 e. The van der Waals surface area contributed by atoms with Crippen molar-refractivity contribution in [2.45, 2.75) is 26.0 Å². The van der Waals surface area contributed by atoms with Gasteiger partial charge in [0.25, 0.3) is 0 Å². The van der Waals surface area contributed by atoms with Crippen molar-refractivity contribution < 1.29 is 14.6 Å². The Balaban J connectivity index is 2.24. The molecule has 8 nitrogen and oxygen atoms in total. The molecule has 1 aliphatic rings. The Morgan fingerprint density at radius 2 is 2.26 bits per heavy atom. The average Bonchev–Trinajstić information content (AvgIpc) is 2.37. The van der Waals surface area contributed by atoms with Crippen molar-refractivity contribution in [1.82, 2.24) is 15.0 Å². The van der Waals surface area contributed by atoms with Gasteiger partial charge in [-0.25, -0.2) is 0 Å². The van der Waals surface area contributed by atoms with Crippen LogP contribution in [0.3, 0.4) is 0 Å². The van der Waals surface area contributed by atoms with Crippen molar-refractivity contribution in [3.8, 4) is 6.01 Å². The maximum Gasteiger partial charge on any atom is 0.323 e. The van der Waals surface area contributed by atoms with Crippen LogP contribution in [0.5, 0.6) is 6.01 Å². The van der Waals surface area contributed by atoms with Gasteiger partial charge in [-0.2, -0.15) is 15.0 Å². The molecule has 1 atom stereocenters. The van der Waals surface area contributed by atoms with Gasteiger partial charge in [-0.15, -0.1) is 0 Å². The van der Waals surface area contributed by atoms with Crippen LogP contribution in [-0.2, 0) is 4.74 Å². The van der Waals surface area contributed by atoms with Gasteiger partial charge in [-0.05, 0) is 13.8 Å². The summed E-state index contributed by atoms with van der Waals surface area (Å²) in [4.78, 5) is 14.1. The van der Waals surface area contributed by atoms with Crippen molar-refractivity contribution in [2.24, 2.45) is 0 Å². The van der Waals surface area contributed by atoms with E-state index >= 15 is 0 Å². The van der Waals surface area contributed by atoms with E-state index in [1.807, 2.05) is 18.7 Å². The lowest BCUT2D eigenvalue weighted by molar-refractivity contribution is 0.0716. The molecule has 106 valence electrons. The van der Waals surface area contributed by atoms with Gasteiger partial charge in [0.15, 0.2) is 0 Å². The molecule has 0 aromatic carbocycles. The molecule has 0 spiro atoms. The second-order valence-corrected chi connectivity index (χ2v) is 4.55. The molecule has 0 aliphatic carbocycles. The molecular formula is C11H19N5O3. The summed E-state index contributed by atoms with van der Waals surface area (Å²) in [7, 11) is 0. The third-order valence-corrected chi connectivity index (χ3v) is 2.66. The minimum atomic E-state index is -0.178. The van der Waals surface area contributed by atoms with E-state index in [0.29, 0.717) is 25.7 Å². The zero-order chi connectivity index (χ0) is 13.8. The fourth-order valence-corrected chi connectivity index (χ4v) is 1.82. The Kier molecular flexibility index (Phi) is 4.33. The van der Waals surface area contributed by atoms with Crippen molar-refractivity contribution in [2.75, 3.05) is 37.0 Å². The van der Waals surface area contributed by atoms with Crippen molar-refractivity contribution in [3.63, 3.8) is 0 Å². The second kappa shape index (κ2) is 5.98. The molecule has 0 radical (unpaired) electrons. The number of nitrogens with zero attached hydrogens (tertiary/aromatic N) is 4. The van der Waals surface area contributed by atoms with E-state index in [1.165, 1.54) is 0 Å². The first-order valence-electron chi connectivity index (χ1n) is 6.23. The van der Waals surface area contributed by atoms with Crippen LogP contribution in [0.4, 0.5) is 11.9 Å². The summed E-state index contributed by atoms with van der Waals surface area (Å²) < 4.78 is 10.7. The fraction of sp³-hybridized carbons (Fsp3) is 0.727. The molecule has 3 N–H and O–H groups in total. The summed E-state index contributed by atoms with van der Waals surface area (Å²) in [5.41, 5.74) is 5.67. The Bertz CT molecular complexity index is 429. The van der Waals surface area contributed by atoms with Crippen LogP contribution in [0.25, 0.3) is 0 Å². The lowest BCUT2D eigenvalue weighted by atomic mass is 10.2. The second-order valence-electron chi connectivity index (χ2n) is 4.55. The van der Waals surface area contributed by atoms with Crippen LogP contribution in [-0.4, -0.2) is 58.6 Å². The van der Waals surface area contributed by atoms with E-state index in [4.69, 9.17) is 15.2 Å². The summed E-state index contributed by atoms with van der Waals surface area (Å²) in [5.74, 6) is 0.509. The van der Waals surface area contributed by atoms with Crippen LogP contribution in [0.15, 0.2) is 0 Å². The standard InChI is InChI=1S/C11H19N5O3/c1-7(2)19-11-14-9(12)13-10(15-11)16-3-4-18-6-8(16)5-17/h7-8,17H,3-6H2,1-2H3,(H2,12,13,14,15). The smallest absolute Gasteiger partial charge is 0.323 e. The minimum Gasteiger partial charge on any atom is -0.461 e. The quantitative estimate of drug-likeness (QED) is 0.749. The number of rotatable bonds is 4. The maximum atomic E-state index is 9.35. The topological polar surface area (TPSA) is 107 Å². The zero-order valence-electron chi connectivity index (χ0n) is 11.1. The number of aliphatic hydroxyl groups excluding tert-OH is 1. The van der Waals surface area contributed by atoms with Gasteiger partial charge in [0.1, 0.15) is 0 Å². The van der Waals surface area contributed by atoms with Gasteiger partial charge < -0.3 is 25.2 Å². The molecule has 0 bridgehead atoms. The predicted octanol–water partition coefficient (Wildman–Crippen LogP) is -0.561. The van der Waals surface area contributed by atoms with Crippen molar-refractivity contribution in [1.29, 1.82) is 0 Å². The molecule has 2 rings (SSSR count). The first-order chi connectivity index (χ1) is 9.10. The van der Waals surface area contributed by atoms with Gasteiger partial charge in [-0.1, -0.05) is 0 Å². The van der Waals surface area contributed by atoms with E-state index in [2.05, 4.69) is 15.0 Å². The molecule has 1 saturated heterocycles. The van der Waals surface area contributed by atoms with E-state index < -0.39 is 0 Å². The first kappa shape index (κ1) is 13.8. The molecule has 0 amide bonds. The highest BCUT2D eigenvalue weighted by atomic mass is 16.5. The SMILES string of the molecule is CC(C)Oc1nc(N)nc(N2CCOCC2CO)n1. The summed E-state index contributed by atoms with van der Waals surface area (Å²) in [5, 5.41) is 9.35.